The summed E-state index contributed by atoms with van der Waals surface area (Å²) in [6.07, 6.45) is 2.78. The Morgan fingerprint density at radius 2 is 1.80 bits per heavy atom. The minimum absolute atomic E-state index is 0.156. The highest BCUT2D eigenvalue weighted by atomic mass is 16.4. The fourth-order valence-corrected chi connectivity index (χ4v) is 1.76. The van der Waals surface area contributed by atoms with Gasteiger partial charge in [-0.15, -0.1) is 0 Å². The Bertz CT molecular complexity index is 717. The Hall–Kier alpha value is -2.96. The maximum absolute atomic E-state index is 12.3. The zero-order chi connectivity index (χ0) is 14.9. The van der Waals surface area contributed by atoms with E-state index >= 15 is 0 Å². The molecule has 0 saturated heterocycles. The molecule has 0 unspecified atom stereocenters. The van der Waals surface area contributed by atoms with Gasteiger partial charge in [0.2, 0.25) is 0 Å². The van der Waals surface area contributed by atoms with Crippen LogP contribution in [0.25, 0.3) is 0 Å². The Labute approximate surface area is 113 Å². The summed E-state index contributed by atoms with van der Waals surface area (Å²) in [6.45, 7) is 1.58. The molecule has 7 heteroatoms. The van der Waals surface area contributed by atoms with E-state index in [1.54, 1.807) is 6.92 Å². The molecular weight excluding hydrogens is 264 g/mol. The SMILES string of the molecule is Cc1nccn1C(=O)c1cc(C(=O)O)ccc1C(=O)O. The summed E-state index contributed by atoms with van der Waals surface area (Å²) in [5, 5.41) is 18.0. The molecule has 0 saturated carbocycles. The van der Waals surface area contributed by atoms with Gasteiger partial charge in [-0.05, 0) is 25.1 Å². The highest BCUT2D eigenvalue weighted by molar-refractivity contribution is 6.07. The van der Waals surface area contributed by atoms with Gasteiger partial charge >= 0.3 is 11.9 Å². The van der Waals surface area contributed by atoms with Gasteiger partial charge in [-0.25, -0.2) is 14.6 Å². The molecule has 0 radical (unpaired) electrons. The average Bonchev–Trinajstić information content (AvgIpc) is 2.83. The number of carboxylic acid groups (broad SMARTS) is 2. The Kier molecular flexibility index (Phi) is 3.34. The van der Waals surface area contributed by atoms with E-state index in [1.807, 2.05) is 0 Å². The number of carbonyl (C=O) groups excluding carboxylic acids is 1. The molecule has 0 aliphatic rings. The summed E-state index contributed by atoms with van der Waals surface area (Å²) in [7, 11) is 0. The van der Waals surface area contributed by atoms with Crippen molar-refractivity contribution in [2.75, 3.05) is 0 Å². The van der Waals surface area contributed by atoms with E-state index in [-0.39, 0.29) is 16.7 Å². The molecule has 0 bridgehead atoms. The molecular formula is C13H10N2O5. The number of rotatable bonds is 3. The summed E-state index contributed by atoms with van der Waals surface area (Å²) in [5.74, 6) is -2.80. The maximum atomic E-state index is 12.3. The fraction of sp³-hybridized carbons (Fsp3) is 0.0769. The summed E-state index contributed by atoms with van der Waals surface area (Å²) in [6, 6.07) is 3.29. The molecule has 2 aromatic rings. The Morgan fingerprint density at radius 3 is 2.30 bits per heavy atom. The largest absolute Gasteiger partial charge is 0.478 e. The van der Waals surface area contributed by atoms with Gasteiger partial charge in [0.25, 0.3) is 5.91 Å². The number of aryl methyl sites for hydroxylation is 1. The molecule has 0 aliphatic carbocycles. The van der Waals surface area contributed by atoms with Crippen LogP contribution in [0, 0.1) is 6.92 Å². The summed E-state index contributed by atoms with van der Waals surface area (Å²) < 4.78 is 1.16. The number of carbonyl (C=O) groups is 3. The van der Waals surface area contributed by atoms with Crippen LogP contribution in [0.5, 0.6) is 0 Å². The van der Waals surface area contributed by atoms with Gasteiger partial charge in [0.15, 0.2) is 0 Å². The number of aromatic nitrogens is 2. The van der Waals surface area contributed by atoms with Gasteiger partial charge in [0.05, 0.1) is 16.7 Å². The van der Waals surface area contributed by atoms with Gasteiger partial charge in [-0.3, -0.25) is 9.36 Å². The topological polar surface area (TPSA) is 109 Å². The first kappa shape index (κ1) is 13.5. The molecule has 0 atom stereocenters. The van der Waals surface area contributed by atoms with Crippen LogP contribution in [0.4, 0.5) is 0 Å². The lowest BCUT2D eigenvalue weighted by Gasteiger charge is -2.08. The second-order valence-corrected chi connectivity index (χ2v) is 4.02. The van der Waals surface area contributed by atoms with E-state index in [1.165, 1.54) is 12.4 Å². The van der Waals surface area contributed by atoms with Crippen molar-refractivity contribution in [2.24, 2.45) is 0 Å². The molecule has 7 nitrogen and oxygen atoms in total. The van der Waals surface area contributed by atoms with Crippen molar-refractivity contribution in [2.45, 2.75) is 6.92 Å². The van der Waals surface area contributed by atoms with Crippen molar-refractivity contribution in [1.29, 1.82) is 0 Å². The zero-order valence-corrected chi connectivity index (χ0v) is 10.4. The van der Waals surface area contributed by atoms with Gasteiger partial charge in [0, 0.05) is 12.4 Å². The molecule has 1 aromatic heterocycles. The van der Waals surface area contributed by atoms with E-state index in [9.17, 15) is 14.4 Å². The quantitative estimate of drug-likeness (QED) is 0.872. The number of carboxylic acids is 2. The third-order valence-corrected chi connectivity index (χ3v) is 2.77. The van der Waals surface area contributed by atoms with Crippen molar-refractivity contribution in [1.82, 2.24) is 9.55 Å². The molecule has 0 fully saturated rings. The van der Waals surface area contributed by atoms with Crippen LogP contribution in [0.15, 0.2) is 30.6 Å². The van der Waals surface area contributed by atoms with Gasteiger partial charge in [0.1, 0.15) is 5.82 Å². The monoisotopic (exact) mass is 274 g/mol. The summed E-state index contributed by atoms with van der Waals surface area (Å²) in [4.78, 5) is 38.2. The van der Waals surface area contributed by atoms with Gasteiger partial charge in [-0.2, -0.15) is 0 Å². The van der Waals surface area contributed by atoms with Crippen LogP contribution in [0.1, 0.15) is 36.9 Å². The predicted octanol–water partition coefficient (Wildman–Crippen LogP) is 1.28. The van der Waals surface area contributed by atoms with Crippen molar-refractivity contribution in [3.63, 3.8) is 0 Å². The first-order chi connectivity index (χ1) is 9.41. The highest BCUT2D eigenvalue weighted by Gasteiger charge is 2.21. The fourth-order valence-electron chi connectivity index (χ4n) is 1.76. The molecule has 2 rings (SSSR count). The molecule has 2 N–H and O–H groups in total. The van der Waals surface area contributed by atoms with Crippen LogP contribution in [0.3, 0.4) is 0 Å². The van der Waals surface area contributed by atoms with Gasteiger partial charge in [-0.1, -0.05) is 0 Å². The number of hydrogen-bond acceptors (Lipinski definition) is 4. The smallest absolute Gasteiger partial charge is 0.336 e. The van der Waals surface area contributed by atoms with E-state index < -0.39 is 17.8 Å². The van der Waals surface area contributed by atoms with Crippen molar-refractivity contribution in [3.8, 4) is 0 Å². The lowest BCUT2D eigenvalue weighted by Crippen LogP contribution is -2.18. The third-order valence-electron chi connectivity index (χ3n) is 2.77. The number of benzene rings is 1. The summed E-state index contributed by atoms with van der Waals surface area (Å²) in [5.41, 5.74) is -0.609. The molecule has 1 aromatic carbocycles. The molecule has 102 valence electrons. The minimum atomic E-state index is -1.30. The van der Waals surface area contributed by atoms with E-state index in [2.05, 4.69) is 4.98 Å². The van der Waals surface area contributed by atoms with Crippen LogP contribution in [0.2, 0.25) is 0 Å². The normalized spacial score (nSPS) is 10.2. The Morgan fingerprint density at radius 1 is 1.10 bits per heavy atom. The van der Waals surface area contributed by atoms with Crippen LogP contribution in [-0.2, 0) is 0 Å². The van der Waals surface area contributed by atoms with Gasteiger partial charge < -0.3 is 10.2 Å². The molecule has 0 aliphatic heterocycles. The number of nitrogens with zero attached hydrogens (tertiary/aromatic N) is 2. The lowest BCUT2D eigenvalue weighted by molar-refractivity contribution is 0.0678. The number of aromatic carboxylic acids is 2. The van der Waals surface area contributed by atoms with E-state index in [0.717, 1.165) is 22.8 Å². The van der Waals surface area contributed by atoms with Crippen molar-refractivity contribution in [3.05, 3.63) is 53.1 Å². The second kappa shape index (κ2) is 4.96. The second-order valence-electron chi connectivity index (χ2n) is 4.02. The lowest BCUT2D eigenvalue weighted by atomic mass is 10.0. The van der Waals surface area contributed by atoms with E-state index in [4.69, 9.17) is 10.2 Å². The maximum Gasteiger partial charge on any atom is 0.336 e. The van der Waals surface area contributed by atoms with Crippen LogP contribution >= 0.6 is 0 Å². The predicted molar refractivity (Wildman–Crippen MR) is 67.1 cm³/mol. The van der Waals surface area contributed by atoms with Crippen molar-refractivity contribution >= 4 is 17.8 Å². The molecule has 1 heterocycles. The molecule has 20 heavy (non-hydrogen) atoms. The van der Waals surface area contributed by atoms with Crippen molar-refractivity contribution < 1.29 is 24.6 Å². The molecule has 0 amide bonds. The standard InChI is InChI=1S/C13H10N2O5/c1-7-14-4-5-15(7)11(16)10-6-8(12(17)18)2-3-9(10)13(19)20/h2-6H,1H3,(H,17,18)(H,19,20). The average molecular weight is 274 g/mol. The first-order valence-electron chi connectivity index (χ1n) is 5.57. The van der Waals surface area contributed by atoms with Crippen LogP contribution < -0.4 is 0 Å². The Balaban J connectivity index is 2.61. The zero-order valence-electron chi connectivity index (χ0n) is 10.4. The molecule has 0 spiro atoms. The third kappa shape index (κ3) is 2.28. The first-order valence-corrected chi connectivity index (χ1v) is 5.57. The van der Waals surface area contributed by atoms with E-state index in [0.29, 0.717) is 5.82 Å². The highest BCUT2D eigenvalue weighted by Crippen LogP contribution is 2.15. The summed E-state index contributed by atoms with van der Waals surface area (Å²) >= 11 is 0. The number of hydrogen-bond donors (Lipinski definition) is 2. The van der Waals surface area contributed by atoms with Crippen LogP contribution in [-0.4, -0.2) is 37.6 Å². The minimum Gasteiger partial charge on any atom is -0.478 e. The number of imidazole rings is 1.